The molecule has 1 fully saturated rings. The predicted octanol–water partition coefficient (Wildman–Crippen LogP) is -0.193. The number of likely N-dealkylation sites (N-methyl/N-ethyl adjacent to an activating group) is 1. The zero-order valence-corrected chi connectivity index (χ0v) is 11.3. The zero-order valence-electron chi connectivity index (χ0n) is 11.3. The van der Waals surface area contributed by atoms with Crippen molar-refractivity contribution in [2.24, 2.45) is 11.1 Å². The Bertz CT molecular complexity index is 263. The minimum atomic E-state index is -0.483. The molecule has 17 heavy (non-hydrogen) atoms. The molecule has 1 aliphatic rings. The van der Waals surface area contributed by atoms with E-state index in [1.54, 1.807) is 0 Å². The minimum absolute atomic E-state index is 0.0740. The molecule has 0 bridgehead atoms. The van der Waals surface area contributed by atoms with E-state index in [9.17, 15) is 4.79 Å². The van der Waals surface area contributed by atoms with Gasteiger partial charge in [-0.3, -0.25) is 4.79 Å². The SMILES string of the molecule is CN1CCOC(CNC(=O)[C@@H](N)C(C)(C)C)C1. The fraction of sp³-hybridized carbons (Fsp3) is 0.917. The largest absolute Gasteiger partial charge is 0.374 e. The summed E-state index contributed by atoms with van der Waals surface area (Å²) in [5.41, 5.74) is 5.66. The van der Waals surface area contributed by atoms with E-state index in [-0.39, 0.29) is 17.4 Å². The number of hydrogen-bond donors (Lipinski definition) is 2. The quantitative estimate of drug-likeness (QED) is 0.721. The van der Waals surface area contributed by atoms with E-state index in [1.807, 2.05) is 20.8 Å². The van der Waals surface area contributed by atoms with Crippen molar-refractivity contribution < 1.29 is 9.53 Å². The van der Waals surface area contributed by atoms with E-state index in [0.717, 1.165) is 19.7 Å². The molecule has 0 saturated carbocycles. The number of carbonyl (C=O) groups is 1. The lowest BCUT2D eigenvalue weighted by atomic mass is 9.87. The maximum absolute atomic E-state index is 11.8. The normalized spacial score (nSPS) is 24.4. The second-order valence-electron chi connectivity index (χ2n) is 5.84. The lowest BCUT2D eigenvalue weighted by molar-refractivity contribution is -0.125. The lowest BCUT2D eigenvalue weighted by Gasteiger charge is -2.31. The lowest BCUT2D eigenvalue weighted by Crippen LogP contribution is -2.52. The molecule has 5 heteroatoms. The van der Waals surface area contributed by atoms with Crippen LogP contribution in [0, 0.1) is 5.41 Å². The molecule has 0 aromatic heterocycles. The summed E-state index contributed by atoms with van der Waals surface area (Å²) in [6.45, 7) is 8.94. The summed E-state index contributed by atoms with van der Waals surface area (Å²) in [4.78, 5) is 14.0. The average molecular weight is 243 g/mol. The molecule has 5 nitrogen and oxygen atoms in total. The Hall–Kier alpha value is -0.650. The molecule has 0 aromatic carbocycles. The molecular formula is C12H25N3O2. The number of carbonyl (C=O) groups excluding carboxylic acids is 1. The molecule has 0 aliphatic carbocycles. The van der Waals surface area contributed by atoms with Crippen molar-refractivity contribution in [3.8, 4) is 0 Å². The van der Waals surface area contributed by atoms with Gasteiger partial charge in [0.05, 0.1) is 18.8 Å². The molecular weight excluding hydrogens is 218 g/mol. The summed E-state index contributed by atoms with van der Waals surface area (Å²) in [5.74, 6) is -0.102. The van der Waals surface area contributed by atoms with E-state index in [4.69, 9.17) is 10.5 Å². The van der Waals surface area contributed by atoms with Gasteiger partial charge in [-0.25, -0.2) is 0 Å². The molecule has 100 valence electrons. The number of rotatable bonds is 3. The number of morpholine rings is 1. The van der Waals surface area contributed by atoms with Gasteiger partial charge in [0.1, 0.15) is 0 Å². The van der Waals surface area contributed by atoms with Crippen LogP contribution in [0.25, 0.3) is 0 Å². The monoisotopic (exact) mass is 243 g/mol. The summed E-state index contributed by atoms with van der Waals surface area (Å²) in [6.07, 6.45) is 0.0740. The molecule has 2 atom stereocenters. The van der Waals surface area contributed by atoms with Gasteiger partial charge >= 0.3 is 0 Å². The van der Waals surface area contributed by atoms with Crippen LogP contribution in [0.4, 0.5) is 0 Å². The van der Waals surface area contributed by atoms with Gasteiger partial charge in [-0.05, 0) is 12.5 Å². The van der Waals surface area contributed by atoms with Crippen LogP contribution < -0.4 is 11.1 Å². The fourth-order valence-corrected chi connectivity index (χ4v) is 1.71. The fourth-order valence-electron chi connectivity index (χ4n) is 1.71. The molecule has 0 aromatic rings. The summed E-state index contributed by atoms with van der Waals surface area (Å²) in [5, 5.41) is 2.86. The number of ether oxygens (including phenoxy) is 1. The van der Waals surface area contributed by atoms with Gasteiger partial charge in [-0.15, -0.1) is 0 Å². The van der Waals surface area contributed by atoms with Gasteiger partial charge in [-0.2, -0.15) is 0 Å². The third-order valence-electron chi connectivity index (χ3n) is 3.06. The van der Waals surface area contributed by atoms with Crippen LogP contribution in [0.3, 0.4) is 0 Å². The number of hydrogen-bond acceptors (Lipinski definition) is 4. The smallest absolute Gasteiger partial charge is 0.237 e. The molecule has 3 N–H and O–H groups in total. The van der Waals surface area contributed by atoms with Gasteiger partial charge in [0.25, 0.3) is 0 Å². The topological polar surface area (TPSA) is 67.6 Å². The van der Waals surface area contributed by atoms with Gasteiger partial charge in [0, 0.05) is 19.6 Å². The Labute approximate surface area is 104 Å². The van der Waals surface area contributed by atoms with Crippen LogP contribution in [0.15, 0.2) is 0 Å². The first kappa shape index (κ1) is 14.4. The molecule has 0 radical (unpaired) electrons. The zero-order chi connectivity index (χ0) is 13.1. The van der Waals surface area contributed by atoms with Crippen molar-refractivity contribution in [3.63, 3.8) is 0 Å². The number of nitrogens with zero attached hydrogens (tertiary/aromatic N) is 1. The standard InChI is InChI=1S/C12H25N3O2/c1-12(2,3)10(13)11(16)14-7-9-8-15(4)5-6-17-9/h9-10H,5-8,13H2,1-4H3,(H,14,16)/t9?,10-/m1/s1. The third kappa shape index (κ3) is 4.61. The molecule has 0 spiro atoms. The number of nitrogens with one attached hydrogen (secondary N) is 1. The van der Waals surface area contributed by atoms with Crippen LogP contribution in [-0.2, 0) is 9.53 Å². The summed E-state index contributed by atoms with van der Waals surface area (Å²) < 4.78 is 5.57. The Balaban J connectivity index is 2.33. The summed E-state index contributed by atoms with van der Waals surface area (Å²) in [6, 6.07) is -0.483. The van der Waals surface area contributed by atoms with Gasteiger partial charge in [0.15, 0.2) is 0 Å². The van der Waals surface area contributed by atoms with Crippen LogP contribution >= 0.6 is 0 Å². The maximum Gasteiger partial charge on any atom is 0.237 e. The first-order chi connectivity index (χ1) is 7.80. The first-order valence-electron chi connectivity index (χ1n) is 6.14. The van der Waals surface area contributed by atoms with Crippen LogP contribution in [-0.4, -0.2) is 56.2 Å². The Morgan fingerprint density at radius 1 is 1.59 bits per heavy atom. The van der Waals surface area contributed by atoms with E-state index >= 15 is 0 Å². The van der Waals surface area contributed by atoms with Crippen molar-refractivity contribution in [2.75, 3.05) is 33.3 Å². The van der Waals surface area contributed by atoms with Crippen molar-refractivity contribution in [2.45, 2.75) is 32.9 Å². The Morgan fingerprint density at radius 2 is 2.24 bits per heavy atom. The second kappa shape index (κ2) is 5.80. The van der Waals surface area contributed by atoms with Gasteiger partial charge < -0.3 is 20.7 Å². The van der Waals surface area contributed by atoms with Crippen molar-refractivity contribution >= 4 is 5.91 Å². The van der Waals surface area contributed by atoms with Crippen molar-refractivity contribution in [3.05, 3.63) is 0 Å². The van der Waals surface area contributed by atoms with Gasteiger partial charge in [-0.1, -0.05) is 20.8 Å². The van der Waals surface area contributed by atoms with E-state index in [0.29, 0.717) is 6.54 Å². The first-order valence-corrected chi connectivity index (χ1v) is 6.14. The number of nitrogens with two attached hydrogens (primary N) is 1. The van der Waals surface area contributed by atoms with Crippen molar-refractivity contribution in [1.82, 2.24) is 10.2 Å². The van der Waals surface area contributed by atoms with Crippen molar-refractivity contribution in [1.29, 1.82) is 0 Å². The highest BCUT2D eigenvalue weighted by Gasteiger charge is 2.28. The molecule has 1 saturated heterocycles. The summed E-state index contributed by atoms with van der Waals surface area (Å²) in [7, 11) is 2.05. The van der Waals surface area contributed by atoms with Crippen LogP contribution in [0.5, 0.6) is 0 Å². The second-order valence-corrected chi connectivity index (χ2v) is 5.84. The predicted molar refractivity (Wildman–Crippen MR) is 67.7 cm³/mol. The molecule has 1 aliphatic heterocycles. The number of amides is 1. The van der Waals surface area contributed by atoms with Crippen LogP contribution in [0.1, 0.15) is 20.8 Å². The summed E-state index contributed by atoms with van der Waals surface area (Å²) >= 11 is 0. The molecule has 1 rings (SSSR count). The molecule has 1 heterocycles. The highest BCUT2D eigenvalue weighted by molar-refractivity contribution is 5.82. The highest BCUT2D eigenvalue weighted by Crippen LogP contribution is 2.17. The highest BCUT2D eigenvalue weighted by atomic mass is 16.5. The van der Waals surface area contributed by atoms with E-state index in [1.165, 1.54) is 0 Å². The van der Waals surface area contributed by atoms with E-state index < -0.39 is 6.04 Å². The maximum atomic E-state index is 11.8. The Kier molecular flexibility index (Phi) is 4.91. The van der Waals surface area contributed by atoms with Gasteiger partial charge in [0.2, 0.25) is 5.91 Å². The molecule has 1 unspecified atom stereocenters. The molecule has 1 amide bonds. The Morgan fingerprint density at radius 3 is 2.76 bits per heavy atom. The minimum Gasteiger partial charge on any atom is -0.374 e. The third-order valence-corrected chi connectivity index (χ3v) is 3.06. The van der Waals surface area contributed by atoms with E-state index in [2.05, 4.69) is 17.3 Å². The average Bonchev–Trinajstić information content (AvgIpc) is 2.23. The van der Waals surface area contributed by atoms with Crippen LogP contribution in [0.2, 0.25) is 0 Å².